The molecule has 41 heavy (non-hydrogen) atoms. The Bertz CT molecular complexity index is 1570. The number of urea groups is 1. The molecule has 0 unspecified atom stereocenters. The number of rotatable bonds is 11. The maximum absolute atomic E-state index is 12.6. The van der Waals surface area contributed by atoms with Crippen molar-refractivity contribution in [3.63, 3.8) is 0 Å². The molecule has 3 N–H and O–H groups in total. The van der Waals surface area contributed by atoms with Crippen LogP contribution in [0.4, 0.5) is 16.2 Å². The van der Waals surface area contributed by atoms with Gasteiger partial charge in [0.05, 0.1) is 12.9 Å². The van der Waals surface area contributed by atoms with Gasteiger partial charge in [0.2, 0.25) is 5.91 Å². The molecule has 2 aromatic heterocycles. The van der Waals surface area contributed by atoms with Crippen molar-refractivity contribution in [2.75, 3.05) is 17.2 Å². The number of aromatic nitrogens is 3. The average molecular weight is 547 g/mol. The van der Waals surface area contributed by atoms with Crippen LogP contribution in [0, 0.1) is 0 Å². The van der Waals surface area contributed by atoms with Crippen LogP contribution in [0.25, 0.3) is 11.1 Å². The summed E-state index contributed by atoms with van der Waals surface area (Å²) in [7, 11) is 0. The molecule has 0 bridgehead atoms. The van der Waals surface area contributed by atoms with E-state index in [0.717, 1.165) is 27.9 Å². The first kappa shape index (κ1) is 27.1. The predicted octanol–water partition coefficient (Wildman–Crippen LogP) is 5.53. The number of hydrogen-bond acceptors (Lipinski definition) is 5. The van der Waals surface area contributed by atoms with Gasteiger partial charge >= 0.3 is 6.03 Å². The molecule has 0 saturated heterocycles. The van der Waals surface area contributed by atoms with Gasteiger partial charge in [0.15, 0.2) is 0 Å². The molecule has 2 heterocycles. The number of ether oxygens (including phenoxy) is 1. The summed E-state index contributed by atoms with van der Waals surface area (Å²) in [4.78, 5) is 32.9. The van der Waals surface area contributed by atoms with E-state index in [1.807, 2.05) is 60.7 Å². The summed E-state index contributed by atoms with van der Waals surface area (Å²) in [6, 6.07) is 26.6. The molecule has 9 nitrogen and oxygen atoms in total. The zero-order chi connectivity index (χ0) is 28.3. The zero-order valence-corrected chi connectivity index (χ0v) is 22.4. The highest BCUT2D eigenvalue weighted by Crippen LogP contribution is 2.31. The first-order chi connectivity index (χ1) is 20.1. The van der Waals surface area contributed by atoms with Gasteiger partial charge < -0.3 is 25.3 Å². The number of para-hydroxylation sites is 1. The summed E-state index contributed by atoms with van der Waals surface area (Å²) in [5.74, 6) is 0.580. The Labute approximate surface area is 238 Å². The highest BCUT2D eigenvalue weighted by molar-refractivity contribution is 5.95. The molecule has 3 aromatic carbocycles. The van der Waals surface area contributed by atoms with Crippen molar-refractivity contribution >= 4 is 23.3 Å². The highest BCUT2D eigenvalue weighted by atomic mass is 16.5. The van der Waals surface area contributed by atoms with Crippen LogP contribution in [0.2, 0.25) is 0 Å². The van der Waals surface area contributed by atoms with E-state index in [0.29, 0.717) is 31.0 Å². The van der Waals surface area contributed by atoms with E-state index in [4.69, 9.17) is 4.74 Å². The fourth-order valence-corrected chi connectivity index (χ4v) is 4.34. The molecule has 5 rings (SSSR count). The lowest BCUT2D eigenvalue weighted by atomic mass is 9.96. The first-order valence-electron chi connectivity index (χ1n) is 13.2. The average Bonchev–Trinajstić information content (AvgIpc) is 3.51. The van der Waals surface area contributed by atoms with Crippen LogP contribution in [-0.2, 0) is 24.3 Å². The number of anilines is 2. The minimum Gasteiger partial charge on any atom is -0.493 e. The van der Waals surface area contributed by atoms with Gasteiger partial charge in [0.1, 0.15) is 12.3 Å². The number of benzene rings is 3. The second-order valence-corrected chi connectivity index (χ2v) is 9.28. The van der Waals surface area contributed by atoms with E-state index in [1.54, 1.807) is 47.8 Å². The molecule has 0 saturated carbocycles. The Morgan fingerprint density at radius 1 is 0.805 bits per heavy atom. The number of amides is 3. The van der Waals surface area contributed by atoms with Gasteiger partial charge in [-0.05, 0) is 53.1 Å². The van der Waals surface area contributed by atoms with Gasteiger partial charge in [0, 0.05) is 54.7 Å². The van der Waals surface area contributed by atoms with Gasteiger partial charge in [-0.1, -0.05) is 48.5 Å². The largest absolute Gasteiger partial charge is 0.493 e. The van der Waals surface area contributed by atoms with Gasteiger partial charge in [0.25, 0.3) is 0 Å². The number of imidazole rings is 1. The number of pyridine rings is 1. The number of hydrogen-bond donors (Lipinski definition) is 3. The predicted molar refractivity (Wildman–Crippen MR) is 158 cm³/mol. The summed E-state index contributed by atoms with van der Waals surface area (Å²) >= 11 is 0. The Morgan fingerprint density at radius 2 is 1.61 bits per heavy atom. The van der Waals surface area contributed by atoms with Crippen LogP contribution in [0.5, 0.6) is 5.75 Å². The molecular formula is C32H30N6O3. The maximum atomic E-state index is 12.6. The molecule has 3 amide bonds. The lowest BCUT2D eigenvalue weighted by molar-refractivity contribution is -0.116. The van der Waals surface area contributed by atoms with Crippen molar-refractivity contribution in [3.8, 4) is 16.9 Å². The molecular weight excluding hydrogens is 516 g/mol. The molecule has 0 aliphatic heterocycles. The zero-order valence-electron chi connectivity index (χ0n) is 22.4. The van der Waals surface area contributed by atoms with E-state index in [9.17, 15) is 9.59 Å². The van der Waals surface area contributed by atoms with Crippen LogP contribution in [0.3, 0.4) is 0 Å². The third kappa shape index (κ3) is 7.79. The summed E-state index contributed by atoms with van der Waals surface area (Å²) in [6.45, 7) is 1.05. The van der Waals surface area contributed by atoms with Gasteiger partial charge in [-0.2, -0.15) is 0 Å². The van der Waals surface area contributed by atoms with Crippen molar-refractivity contribution in [1.82, 2.24) is 19.9 Å². The lowest BCUT2D eigenvalue weighted by Gasteiger charge is -2.15. The molecule has 9 heteroatoms. The quantitative estimate of drug-likeness (QED) is 0.202. The minimum atomic E-state index is -0.294. The second-order valence-electron chi connectivity index (χ2n) is 9.28. The van der Waals surface area contributed by atoms with Crippen LogP contribution >= 0.6 is 0 Å². The Balaban J connectivity index is 1.16. The smallest absolute Gasteiger partial charge is 0.319 e. The third-order valence-electron chi connectivity index (χ3n) is 6.32. The van der Waals surface area contributed by atoms with Crippen LogP contribution < -0.4 is 20.7 Å². The number of carbonyl (C=O) groups excluding carboxylic acids is 2. The monoisotopic (exact) mass is 546 g/mol. The van der Waals surface area contributed by atoms with Crippen molar-refractivity contribution in [1.29, 1.82) is 0 Å². The van der Waals surface area contributed by atoms with E-state index < -0.39 is 0 Å². The fourth-order valence-electron chi connectivity index (χ4n) is 4.34. The Morgan fingerprint density at radius 3 is 2.39 bits per heavy atom. The number of carbonyl (C=O) groups is 2. The topological polar surface area (TPSA) is 110 Å². The van der Waals surface area contributed by atoms with Crippen molar-refractivity contribution in [2.45, 2.75) is 19.5 Å². The first-order valence-corrected chi connectivity index (χ1v) is 13.2. The maximum Gasteiger partial charge on any atom is 0.319 e. The molecule has 0 radical (unpaired) electrons. The molecule has 5 aromatic rings. The van der Waals surface area contributed by atoms with Crippen LogP contribution in [-0.4, -0.2) is 33.1 Å². The molecule has 0 atom stereocenters. The van der Waals surface area contributed by atoms with Crippen LogP contribution in [0.15, 0.2) is 116 Å². The molecule has 0 fully saturated rings. The summed E-state index contributed by atoms with van der Waals surface area (Å²) < 4.78 is 7.73. The SMILES string of the molecule is O=C(Cn1ccnc1)Nc1ccccc1-c1ccccc1CCOc1ccc(NC(=O)NCc2cccnc2)cc1. The number of nitrogens with one attached hydrogen (secondary N) is 3. The normalized spacial score (nSPS) is 10.5. The van der Waals surface area contributed by atoms with Crippen molar-refractivity contribution < 1.29 is 14.3 Å². The standard InChI is InChI=1S/C32H30N6O3/c39-31(22-38-18-17-34-23-38)37-30-10-4-3-9-29(30)28-8-2-1-7-25(28)15-19-41-27-13-11-26(12-14-27)36-32(40)35-21-24-6-5-16-33-20-24/h1-14,16-18,20,23H,15,19,21-22H2,(H,37,39)(H2,35,36,40). The van der Waals surface area contributed by atoms with Crippen molar-refractivity contribution in [3.05, 3.63) is 127 Å². The minimum absolute atomic E-state index is 0.125. The fraction of sp³-hybridized carbons (Fsp3) is 0.125. The molecule has 0 aliphatic rings. The van der Waals surface area contributed by atoms with E-state index in [-0.39, 0.29) is 18.5 Å². The molecule has 0 aliphatic carbocycles. The van der Waals surface area contributed by atoms with Gasteiger partial charge in [-0.15, -0.1) is 0 Å². The van der Waals surface area contributed by atoms with Crippen LogP contribution in [0.1, 0.15) is 11.1 Å². The van der Waals surface area contributed by atoms with Gasteiger partial charge in [-0.25, -0.2) is 9.78 Å². The second kappa shape index (κ2) is 13.6. The van der Waals surface area contributed by atoms with E-state index in [1.165, 1.54) is 0 Å². The molecule has 206 valence electrons. The molecule has 0 spiro atoms. The Kier molecular flexibility index (Phi) is 8.98. The number of nitrogens with zero attached hydrogens (tertiary/aromatic N) is 3. The van der Waals surface area contributed by atoms with Gasteiger partial charge in [-0.3, -0.25) is 9.78 Å². The summed E-state index contributed by atoms with van der Waals surface area (Å²) in [6.07, 6.45) is 9.10. The third-order valence-corrected chi connectivity index (χ3v) is 6.32. The summed E-state index contributed by atoms with van der Waals surface area (Å²) in [5.41, 5.74) is 5.42. The Hall–Kier alpha value is -5.44. The van der Waals surface area contributed by atoms with E-state index >= 15 is 0 Å². The van der Waals surface area contributed by atoms with Crippen molar-refractivity contribution in [2.24, 2.45) is 0 Å². The highest BCUT2D eigenvalue weighted by Gasteiger charge is 2.12. The van der Waals surface area contributed by atoms with E-state index in [2.05, 4.69) is 38.1 Å². The lowest BCUT2D eigenvalue weighted by Crippen LogP contribution is -2.28. The summed E-state index contributed by atoms with van der Waals surface area (Å²) in [5, 5.41) is 8.66.